The molecule has 0 bridgehead atoms. The number of hydrogen-bond donors (Lipinski definition) is 2. The van der Waals surface area contributed by atoms with Crippen LogP contribution in [-0.4, -0.2) is 19.1 Å². The van der Waals surface area contributed by atoms with E-state index in [1.807, 2.05) is 0 Å². The van der Waals surface area contributed by atoms with E-state index in [1.165, 1.54) is 51.6 Å². The van der Waals surface area contributed by atoms with Crippen LogP contribution in [0.25, 0.3) is 0 Å². The highest BCUT2D eigenvalue weighted by Gasteiger charge is 2.04. The van der Waals surface area contributed by atoms with Crippen LogP contribution < -0.4 is 11.1 Å². The van der Waals surface area contributed by atoms with Crippen molar-refractivity contribution in [3.63, 3.8) is 0 Å². The molecule has 0 spiro atoms. The summed E-state index contributed by atoms with van der Waals surface area (Å²) in [5.41, 5.74) is 5.53. The highest BCUT2D eigenvalue weighted by molar-refractivity contribution is 4.63. The summed E-state index contributed by atoms with van der Waals surface area (Å²) >= 11 is 0. The third kappa shape index (κ3) is 11.8. The molecule has 2 unspecified atom stereocenters. The van der Waals surface area contributed by atoms with Gasteiger partial charge in [0.05, 0.1) is 0 Å². The van der Waals surface area contributed by atoms with Gasteiger partial charge in [-0.15, -0.1) is 0 Å². The molecule has 1 aliphatic rings. The Labute approximate surface area is 96.0 Å². The summed E-state index contributed by atoms with van der Waals surface area (Å²) < 4.78 is 0. The summed E-state index contributed by atoms with van der Waals surface area (Å²) in [6, 6.07) is 0.404. The molecule has 92 valence electrons. The van der Waals surface area contributed by atoms with E-state index < -0.39 is 0 Å². The van der Waals surface area contributed by atoms with Crippen molar-refractivity contribution >= 4 is 0 Å². The summed E-state index contributed by atoms with van der Waals surface area (Å²) in [5, 5.41) is 3.33. The van der Waals surface area contributed by atoms with Crippen LogP contribution in [0.2, 0.25) is 0 Å². The van der Waals surface area contributed by atoms with Gasteiger partial charge in [0, 0.05) is 6.04 Å². The Balaban J connectivity index is 0.000000262. The fourth-order valence-corrected chi connectivity index (χ4v) is 1.74. The fraction of sp³-hybridized carbons (Fsp3) is 1.00. The van der Waals surface area contributed by atoms with E-state index in [4.69, 9.17) is 5.73 Å². The molecule has 3 N–H and O–H groups in total. The molecular weight excluding hydrogens is 184 g/mol. The molecule has 1 heterocycles. The standard InChI is InChI=1S/C7H17N.C6H13N/c1-3-4-5-6-7(2)8;1-6-3-2-4-7-5-6/h7H,3-6,8H2,1-2H3;6-7H,2-5H2,1H3. The maximum Gasteiger partial charge on any atom is 0.00104 e. The smallest absolute Gasteiger partial charge is 0.00104 e. The Bertz CT molecular complexity index is 118. The lowest BCUT2D eigenvalue weighted by Gasteiger charge is -2.17. The second-order valence-corrected chi connectivity index (χ2v) is 4.92. The molecule has 1 saturated heterocycles. The Kier molecular flexibility index (Phi) is 10.4. The predicted molar refractivity (Wildman–Crippen MR) is 69.1 cm³/mol. The first-order valence-electron chi connectivity index (χ1n) is 6.63. The number of nitrogens with two attached hydrogens (primary N) is 1. The van der Waals surface area contributed by atoms with Gasteiger partial charge in [0.15, 0.2) is 0 Å². The predicted octanol–water partition coefficient (Wildman–Crippen LogP) is 2.92. The lowest BCUT2D eigenvalue weighted by atomic mass is 10.0. The Hall–Kier alpha value is -0.0800. The van der Waals surface area contributed by atoms with E-state index in [1.54, 1.807) is 0 Å². The Morgan fingerprint density at radius 3 is 2.47 bits per heavy atom. The Morgan fingerprint density at radius 1 is 1.40 bits per heavy atom. The van der Waals surface area contributed by atoms with Crippen LogP contribution >= 0.6 is 0 Å². The van der Waals surface area contributed by atoms with Gasteiger partial charge in [-0.25, -0.2) is 0 Å². The zero-order valence-corrected chi connectivity index (χ0v) is 10.9. The highest BCUT2D eigenvalue weighted by Crippen LogP contribution is 2.06. The molecule has 15 heavy (non-hydrogen) atoms. The molecule has 2 atom stereocenters. The van der Waals surface area contributed by atoms with E-state index in [0.717, 1.165) is 5.92 Å². The molecule has 1 fully saturated rings. The first-order chi connectivity index (χ1) is 7.16. The van der Waals surface area contributed by atoms with Crippen LogP contribution in [0.1, 0.15) is 59.3 Å². The molecule has 0 aliphatic carbocycles. The summed E-state index contributed by atoms with van der Waals surface area (Å²) in [7, 11) is 0. The van der Waals surface area contributed by atoms with Crippen molar-refractivity contribution < 1.29 is 0 Å². The van der Waals surface area contributed by atoms with E-state index >= 15 is 0 Å². The molecular formula is C13H30N2. The normalized spacial score (nSPS) is 22.8. The molecule has 0 radical (unpaired) electrons. The molecule has 0 saturated carbocycles. The van der Waals surface area contributed by atoms with Crippen LogP contribution in [0, 0.1) is 5.92 Å². The van der Waals surface area contributed by atoms with Crippen molar-refractivity contribution in [1.29, 1.82) is 0 Å². The van der Waals surface area contributed by atoms with Crippen LogP contribution in [0.3, 0.4) is 0 Å². The first kappa shape index (κ1) is 14.9. The number of nitrogens with one attached hydrogen (secondary N) is 1. The summed E-state index contributed by atoms with van der Waals surface area (Å²) in [4.78, 5) is 0. The van der Waals surface area contributed by atoms with Crippen LogP contribution in [0.15, 0.2) is 0 Å². The summed E-state index contributed by atoms with van der Waals surface area (Å²) in [6.07, 6.45) is 7.92. The average Bonchev–Trinajstić information content (AvgIpc) is 2.20. The molecule has 0 aromatic rings. The van der Waals surface area contributed by atoms with Gasteiger partial charge in [0.1, 0.15) is 0 Å². The van der Waals surface area contributed by atoms with Crippen molar-refractivity contribution in [2.24, 2.45) is 11.7 Å². The first-order valence-corrected chi connectivity index (χ1v) is 6.63. The lowest BCUT2D eigenvalue weighted by molar-refractivity contribution is 0.405. The van der Waals surface area contributed by atoms with Crippen molar-refractivity contribution in [2.45, 2.75) is 65.3 Å². The van der Waals surface area contributed by atoms with Gasteiger partial charge in [-0.3, -0.25) is 0 Å². The number of rotatable bonds is 4. The molecule has 1 rings (SSSR count). The minimum atomic E-state index is 0.404. The maximum atomic E-state index is 5.53. The SMILES string of the molecule is CC1CCCNC1.CCCCCC(C)N. The number of hydrogen-bond acceptors (Lipinski definition) is 2. The van der Waals surface area contributed by atoms with E-state index in [9.17, 15) is 0 Å². The molecule has 1 aliphatic heterocycles. The van der Waals surface area contributed by atoms with E-state index in [0.29, 0.717) is 6.04 Å². The van der Waals surface area contributed by atoms with Crippen molar-refractivity contribution in [3.05, 3.63) is 0 Å². The van der Waals surface area contributed by atoms with E-state index in [-0.39, 0.29) is 0 Å². The monoisotopic (exact) mass is 214 g/mol. The molecule has 0 aromatic carbocycles. The third-order valence-corrected chi connectivity index (χ3v) is 2.81. The van der Waals surface area contributed by atoms with Crippen LogP contribution in [-0.2, 0) is 0 Å². The lowest BCUT2D eigenvalue weighted by Crippen LogP contribution is -2.27. The second-order valence-electron chi connectivity index (χ2n) is 4.92. The second kappa shape index (κ2) is 10.4. The quantitative estimate of drug-likeness (QED) is 0.706. The molecule has 2 heteroatoms. The largest absolute Gasteiger partial charge is 0.328 e. The minimum Gasteiger partial charge on any atom is -0.328 e. The fourth-order valence-electron chi connectivity index (χ4n) is 1.74. The van der Waals surface area contributed by atoms with Crippen molar-refractivity contribution in [2.75, 3.05) is 13.1 Å². The minimum absolute atomic E-state index is 0.404. The van der Waals surface area contributed by atoms with Gasteiger partial charge >= 0.3 is 0 Å². The average molecular weight is 214 g/mol. The van der Waals surface area contributed by atoms with E-state index in [2.05, 4.69) is 26.1 Å². The van der Waals surface area contributed by atoms with Gasteiger partial charge in [-0.2, -0.15) is 0 Å². The van der Waals surface area contributed by atoms with Gasteiger partial charge in [0.2, 0.25) is 0 Å². The van der Waals surface area contributed by atoms with Crippen molar-refractivity contribution in [1.82, 2.24) is 5.32 Å². The van der Waals surface area contributed by atoms with Crippen molar-refractivity contribution in [3.8, 4) is 0 Å². The third-order valence-electron chi connectivity index (χ3n) is 2.81. The molecule has 2 nitrogen and oxygen atoms in total. The summed E-state index contributed by atoms with van der Waals surface area (Å²) in [5.74, 6) is 0.925. The van der Waals surface area contributed by atoms with Crippen LogP contribution in [0.4, 0.5) is 0 Å². The zero-order chi connectivity index (χ0) is 11.5. The van der Waals surface area contributed by atoms with Gasteiger partial charge in [-0.05, 0) is 45.2 Å². The number of piperidine rings is 1. The van der Waals surface area contributed by atoms with Crippen LogP contribution in [0.5, 0.6) is 0 Å². The van der Waals surface area contributed by atoms with Gasteiger partial charge in [0.25, 0.3) is 0 Å². The Morgan fingerprint density at radius 2 is 2.13 bits per heavy atom. The summed E-state index contributed by atoms with van der Waals surface area (Å²) in [6.45, 7) is 9.05. The maximum absolute atomic E-state index is 5.53. The topological polar surface area (TPSA) is 38.0 Å². The molecule has 0 aromatic heterocycles. The van der Waals surface area contributed by atoms with Gasteiger partial charge < -0.3 is 11.1 Å². The van der Waals surface area contributed by atoms with Gasteiger partial charge in [-0.1, -0.05) is 33.1 Å². The molecule has 0 amide bonds. The number of unbranched alkanes of at least 4 members (excludes halogenated alkanes) is 2. The highest BCUT2D eigenvalue weighted by atomic mass is 14.9. The zero-order valence-electron chi connectivity index (χ0n) is 10.9.